The molecule has 0 bridgehead atoms. The molecule has 2 amide bonds. The molecule has 0 heterocycles. The van der Waals surface area contributed by atoms with E-state index in [0.717, 1.165) is 27.8 Å². The molecular formula is C27H26N2O5. The smallest absolute Gasteiger partial charge is 0.411 e. The molecule has 0 atom stereocenters. The summed E-state index contributed by atoms with van der Waals surface area (Å²) in [5, 5.41) is 11.8. The van der Waals surface area contributed by atoms with Gasteiger partial charge in [-0.15, -0.1) is 0 Å². The summed E-state index contributed by atoms with van der Waals surface area (Å²) < 4.78 is 5.60. The number of anilines is 1. The lowest BCUT2D eigenvalue weighted by molar-refractivity contribution is -0.137. The maximum absolute atomic E-state index is 12.7. The Morgan fingerprint density at radius 2 is 1.59 bits per heavy atom. The number of carbonyl (C=O) groups excluding carboxylic acids is 2. The van der Waals surface area contributed by atoms with Crippen molar-refractivity contribution in [3.63, 3.8) is 0 Å². The van der Waals surface area contributed by atoms with Crippen molar-refractivity contribution in [3.05, 3.63) is 89.0 Å². The molecule has 0 unspecified atom stereocenters. The Balaban J connectivity index is 1.46. The van der Waals surface area contributed by atoms with E-state index >= 15 is 0 Å². The third kappa shape index (κ3) is 4.64. The number of hydrogen-bond donors (Lipinski definition) is 2. The van der Waals surface area contributed by atoms with E-state index in [-0.39, 0.29) is 19.1 Å². The standard InChI is InChI=1S/C27H26N2O5/c1-3-29(15-25(30)31)26(32)18-13-12-17(2)24(14-18)28-27(33)34-16-23-21-10-6-4-8-19(21)20-9-5-7-11-22(20)23/h4-14,23H,3,15-16H2,1-2H3,(H,28,33)(H,30,31). The molecule has 2 N–H and O–H groups in total. The van der Waals surface area contributed by atoms with Crippen LogP contribution in [0.15, 0.2) is 66.7 Å². The van der Waals surface area contributed by atoms with Crippen LogP contribution in [0.2, 0.25) is 0 Å². The molecule has 1 aliphatic rings. The molecule has 4 rings (SSSR count). The number of nitrogens with one attached hydrogen (secondary N) is 1. The van der Waals surface area contributed by atoms with E-state index < -0.39 is 24.5 Å². The summed E-state index contributed by atoms with van der Waals surface area (Å²) in [5.74, 6) is -1.55. The molecule has 0 aromatic heterocycles. The summed E-state index contributed by atoms with van der Waals surface area (Å²) in [4.78, 5) is 37.6. The van der Waals surface area contributed by atoms with E-state index in [0.29, 0.717) is 11.3 Å². The molecule has 3 aromatic rings. The molecule has 7 nitrogen and oxygen atoms in total. The number of likely N-dealkylation sites (N-methyl/N-ethyl adjacent to an activating group) is 1. The Labute approximate surface area is 198 Å². The van der Waals surface area contributed by atoms with Crippen LogP contribution in [0.1, 0.15) is 39.9 Å². The number of fused-ring (bicyclic) bond motifs is 3. The van der Waals surface area contributed by atoms with E-state index in [1.807, 2.05) is 31.2 Å². The first-order chi connectivity index (χ1) is 16.4. The van der Waals surface area contributed by atoms with Gasteiger partial charge in [0.1, 0.15) is 13.2 Å². The number of carboxylic acid groups (broad SMARTS) is 1. The highest BCUT2D eigenvalue weighted by Crippen LogP contribution is 2.44. The van der Waals surface area contributed by atoms with Crippen LogP contribution in [0.25, 0.3) is 11.1 Å². The van der Waals surface area contributed by atoms with Crippen LogP contribution in [0.5, 0.6) is 0 Å². The molecule has 174 valence electrons. The minimum atomic E-state index is -1.08. The normalized spacial score (nSPS) is 11.9. The minimum Gasteiger partial charge on any atom is -0.480 e. The van der Waals surface area contributed by atoms with Gasteiger partial charge in [0.2, 0.25) is 0 Å². The predicted molar refractivity (Wildman–Crippen MR) is 129 cm³/mol. The fourth-order valence-electron chi connectivity index (χ4n) is 4.31. The summed E-state index contributed by atoms with van der Waals surface area (Å²) in [5.41, 5.74) is 6.03. The van der Waals surface area contributed by atoms with Gasteiger partial charge in [-0.3, -0.25) is 14.9 Å². The number of nitrogens with zero attached hydrogens (tertiary/aromatic N) is 1. The number of aryl methyl sites for hydroxylation is 1. The molecule has 34 heavy (non-hydrogen) atoms. The molecule has 0 saturated heterocycles. The second kappa shape index (κ2) is 9.79. The maximum Gasteiger partial charge on any atom is 0.411 e. The molecule has 0 saturated carbocycles. The first-order valence-corrected chi connectivity index (χ1v) is 11.1. The average Bonchev–Trinajstić information content (AvgIpc) is 3.16. The Kier molecular flexibility index (Phi) is 6.63. The number of hydrogen-bond acceptors (Lipinski definition) is 4. The zero-order valence-electron chi connectivity index (χ0n) is 19.1. The molecule has 0 fully saturated rings. The van der Waals surface area contributed by atoms with Crippen LogP contribution in [0, 0.1) is 6.92 Å². The highest BCUT2D eigenvalue weighted by atomic mass is 16.5. The van der Waals surface area contributed by atoms with Crippen molar-refractivity contribution in [1.82, 2.24) is 4.90 Å². The number of amides is 2. The summed E-state index contributed by atoms with van der Waals surface area (Å²) >= 11 is 0. The van der Waals surface area contributed by atoms with Gasteiger partial charge in [-0.2, -0.15) is 0 Å². The Hall–Kier alpha value is -4.13. The maximum atomic E-state index is 12.7. The zero-order valence-corrected chi connectivity index (χ0v) is 19.1. The number of rotatable bonds is 7. The first kappa shape index (κ1) is 23.0. The van der Waals surface area contributed by atoms with Gasteiger partial charge in [-0.25, -0.2) is 4.79 Å². The van der Waals surface area contributed by atoms with Crippen molar-refractivity contribution in [3.8, 4) is 11.1 Å². The SMILES string of the molecule is CCN(CC(=O)O)C(=O)c1ccc(C)c(NC(=O)OCC2c3ccccc3-c3ccccc32)c1. The second-order valence-corrected chi connectivity index (χ2v) is 8.19. The largest absolute Gasteiger partial charge is 0.480 e. The van der Waals surface area contributed by atoms with Gasteiger partial charge < -0.3 is 14.7 Å². The van der Waals surface area contributed by atoms with E-state index in [1.165, 1.54) is 4.90 Å². The first-order valence-electron chi connectivity index (χ1n) is 11.1. The zero-order chi connectivity index (χ0) is 24.2. The van der Waals surface area contributed by atoms with Crippen LogP contribution in [0.3, 0.4) is 0 Å². The molecule has 0 radical (unpaired) electrons. The number of carboxylic acids is 1. The predicted octanol–water partition coefficient (Wildman–Crippen LogP) is 4.90. The highest BCUT2D eigenvalue weighted by Gasteiger charge is 2.29. The fraction of sp³-hybridized carbons (Fsp3) is 0.222. The van der Waals surface area contributed by atoms with Crippen molar-refractivity contribution in [2.45, 2.75) is 19.8 Å². The lowest BCUT2D eigenvalue weighted by atomic mass is 9.98. The third-order valence-electron chi connectivity index (χ3n) is 6.06. The number of ether oxygens (including phenoxy) is 1. The molecule has 0 spiro atoms. The second-order valence-electron chi connectivity index (χ2n) is 8.19. The van der Waals surface area contributed by atoms with Crippen LogP contribution in [-0.4, -0.2) is 47.7 Å². The van der Waals surface area contributed by atoms with Gasteiger partial charge in [0, 0.05) is 23.7 Å². The van der Waals surface area contributed by atoms with Crippen molar-refractivity contribution in [1.29, 1.82) is 0 Å². The summed E-state index contributed by atoms with van der Waals surface area (Å²) in [6.07, 6.45) is -0.618. The van der Waals surface area contributed by atoms with Crippen molar-refractivity contribution in [2.75, 3.05) is 25.0 Å². The summed E-state index contributed by atoms with van der Waals surface area (Å²) in [6, 6.07) is 21.1. The Bertz CT molecular complexity index is 1210. The van der Waals surface area contributed by atoms with Gasteiger partial charge >= 0.3 is 12.1 Å². The van der Waals surface area contributed by atoms with E-state index in [9.17, 15) is 14.4 Å². The van der Waals surface area contributed by atoms with E-state index in [4.69, 9.17) is 9.84 Å². The van der Waals surface area contributed by atoms with Crippen molar-refractivity contribution in [2.24, 2.45) is 0 Å². The summed E-state index contributed by atoms with van der Waals surface area (Å²) in [7, 11) is 0. The lowest BCUT2D eigenvalue weighted by Crippen LogP contribution is -2.35. The topological polar surface area (TPSA) is 95.9 Å². The highest BCUT2D eigenvalue weighted by molar-refractivity contribution is 5.98. The number of aliphatic carboxylic acids is 1. The van der Waals surface area contributed by atoms with Gasteiger partial charge in [0.25, 0.3) is 5.91 Å². The average molecular weight is 459 g/mol. The lowest BCUT2D eigenvalue weighted by Gasteiger charge is -2.19. The third-order valence-corrected chi connectivity index (χ3v) is 6.06. The molecule has 3 aromatic carbocycles. The molecular weight excluding hydrogens is 432 g/mol. The van der Waals surface area contributed by atoms with Gasteiger partial charge in [-0.1, -0.05) is 54.6 Å². The van der Waals surface area contributed by atoms with Crippen LogP contribution in [-0.2, 0) is 9.53 Å². The minimum absolute atomic E-state index is 0.0544. The van der Waals surface area contributed by atoms with Crippen molar-refractivity contribution >= 4 is 23.7 Å². The van der Waals surface area contributed by atoms with Crippen molar-refractivity contribution < 1.29 is 24.2 Å². The number of carbonyl (C=O) groups is 3. The van der Waals surface area contributed by atoms with E-state index in [2.05, 4.69) is 29.6 Å². The molecule has 1 aliphatic carbocycles. The monoisotopic (exact) mass is 458 g/mol. The Morgan fingerprint density at radius 3 is 2.18 bits per heavy atom. The van der Waals surface area contributed by atoms with Crippen LogP contribution >= 0.6 is 0 Å². The van der Waals surface area contributed by atoms with E-state index in [1.54, 1.807) is 25.1 Å². The Morgan fingerprint density at radius 1 is 0.971 bits per heavy atom. The fourth-order valence-corrected chi connectivity index (χ4v) is 4.31. The summed E-state index contributed by atoms with van der Waals surface area (Å²) in [6.45, 7) is 3.57. The van der Waals surface area contributed by atoms with Crippen LogP contribution < -0.4 is 5.32 Å². The van der Waals surface area contributed by atoms with Gasteiger partial charge in [0.15, 0.2) is 0 Å². The molecule has 7 heteroatoms. The van der Waals surface area contributed by atoms with Gasteiger partial charge in [-0.05, 0) is 53.8 Å². The van der Waals surface area contributed by atoms with Crippen LogP contribution in [0.4, 0.5) is 10.5 Å². The number of benzene rings is 3. The van der Waals surface area contributed by atoms with Gasteiger partial charge in [0.05, 0.1) is 0 Å². The molecule has 0 aliphatic heterocycles. The quantitative estimate of drug-likeness (QED) is 0.525.